The molecule has 1 amide bonds. The standard InChI is InChI=1S/C24H32F2N2O5/c1-24(2,3)32-23(31)27-21-13-19(25)18(12-20(21)26)14-4-8-16(9-5-14)28-33-17-10-6-15(7-11-17)22(29)30/h12-15,17H,4-11H2,1-3H3,(H,27,31)(H,29,30). The Labute approximate surface area is 192 Å². The minimum atomic E-state index is -0.844. The van der Waals surface area contributed by atoms with Gasteiger partial charge in [0.05, 0.1) is 17.3 Å². The number of rotatable bonds is 5. The van der Waals surface area contributed by atoms with Crippen LogP contribution in [0.15, 0.2) is 17.3 Å². The van der Waals surface area contributed by atoms with Gasteiger partial charge in [0.15, 0.2) is 0 Å². The Morgan fingerprint density at radius 3 is 2.24 bits per heavy atom. The van der Waals surface area contributed by atoms with Gasteiger partial charge in [-0.05, 0) is 89.7 Å². The lowest BCUT2D eigenvalue weighted by molar-refractivity contribution is -0.143. The number of amides is 1. The highest BCUT2D eigenvalue weighted by Gasteiger charge is 2.28. The van der Waals surface area contributed by atoms with Crippen LogP contribution in [-0.4, -0.2) is 34.6 Å². The molecular weight excluding hydrogens is 434 g/mol. The lowest BCUT2D eigenvalue weighted by atomic mass is 9.83. The quantitative estimate of drug-likeness (QED) is 0.520. The normalized spacial score (nSPS) is 23.5. The fourth-order valence-corrected chi connectivity index (χ4v) is 4.30. The summed E-state index contributed by atoms with van der Waals surface area (Å²) in [6.07, 6.45) is 4.09. The third kappa shape index (κ3) is 7.14. The summed E-state index contributed by atoms with van der Waals surface area (Å²) in [4.78, 5) is 28.5. The van der Waals surface area contributed by atoms with Crippen LogP contribution in [0.3, 0.4) is 0 Å². The van der Waals surface area contributed by atoms with Crippen molar-refractivity contribution in [2.45, 2.75) is 89.8 Å². The fourth-order valence-electron chi connectivity index (χ4n) is 4.30. The molecule has 2 aliphatic rings. The number of carbonyl (C=O) groups is 2. The number of hydrogen-bond donors (Lipinski definition) is 2. The van der Waals surface area contributed by atoms with Crippen molar-refractivity contribution >= 4 is 23.5 Å². The molecule has 0 aromatic heterocycles. The van der Waals surface area contributed by atoms with Crippen molar-refractivity contribution in [2.24, 2.45) is 11.1 Å². The maximum absolute atomic E-state index is 14.7. The van der Waals surface area contributed by atoms with Crippen LogP contribution in [0.25, 0.3) is 0 Å². The Hall–Kier alpha value is -2.71. The molecular formula is C24H32F2N2O5. The lowest BCUT2D eigenvalue weighted by Gasteiger charge is -2.26. The number of carboxylic acids is 1. The zero-order valence-electron chi connectivity index (χ0n) is 19.3. The highest BCUT2D eigenvalue weighted by atomic mass is 19.1. The van der Waals surface area contributed by atoms with Crippen LogP contribution in [0.1, 0.15) is 83.6 Å². The molecule has 33 heavy (non-hydrogen) atoms. The van der Waals surface area contributed by atoms with E-state index in [1.807, 2.05) is 0 Å². The van der Waals surface area contributed by atoms with E-state index in [9.17, 15) is 18.4 Å². The molecule has 0 saturated heterocycles. The molecule has 9 heteroatoms. The van der Waals surface area contributed by atoms with Gasteiger partial charge >= 0.3 is 12.1 Å². The third-order valence-electron chi connectivity index (χ3n) is 6.08. The second-order valence-electron chi connectivity index (χ2n) is 9.83. The van der Waals surface area contributed by atoms with E-state index in [4.69, 9.17) is 14.7 Å². The van der Waals surface area contributed by atoms with Crippen molar-refractivity contribution in [1.82, 2.24) is 0 Å². The molecule has 0 atom stereocenters. The van der Waals surface area contributed by atoms with E-state index in [-0.39, 0.29) is 29.2 Å². The Bertz CT molecular complexity index is 895. The van der Waals surface area contributed by atoms with E-state index in [2.05, 4.69) is 10.5 Å². The first-order chi connectivity index (χ1) is 15.5. The highest BCUT2D eigenvalue weighted by Crippen LogP contribution is 2.35. The lowest BCUT2D eigenvalue weighted by Crippen LogP contribution is -2.27. The van der Waals surface area contributed by atoms with Crippen molar-refractivity contribution < 1.29 is 33.1 Å². The molecule has 0 unspecified atom stereocenters. The summed E-state index contributed by atoms with van der Waals surface area (Å²) in [6, 6.07) is 2.14. The van der Waals surface area contributed by atoms with Gasteiger partial charge in [-0.25, -0.2) is 13.6 Å². The number of ether oxygens (including phenoxy) is 1. The summed E-state index contributed by atoms with van der Waals surface area (Å²) in [7, 11) is 0. The van der Waals surface area contributed by atoms with Crippen LogP contribution in [0, 0.1) is 17.6 Å². The number of carbonyl (C=O) groups excluding carboxylic acids is 1. The van der Waals surface area contributed by atoms with E-state index in [1.54, 1.807) is 20.8 Å². The smallest absolute Gasteiger partial charge is 0.412 e. The van der Waals surface area contributed by atoms with Crippen LogP contribution in [0.5, 0.6) is 0 Å². The molecule has 2 aliphatic carbocycles. The van der Waals surface area contributed by atoms with E-state index in [0.717, 1.165) is 17.8 Å². The van der Waals surface area contributed by atoms with E-state index in [1.165, 1.54) is 0 Å². The third-order valence-corrected chi connectivity index (χ3v) is 6.08. The number of nitrogens with one attached hydrogen (secondary N) is 1. The molecule has 0 heterocycles. The molecule has 182 valence electrons. The van der Waals surface area contributed by atoms with Gasteiger partial charge in [-0.1, -0.05) is 5.16 Å². The number of anilines is 1. The summed E-state index contributed by atoms with van der Waals surface area (Å²) in [5.41, 5.74) is 0.168. The summed E-state index contributed by atoms with van der Waals surface area (Å²) >= 11 is 0. The predicted octanol–water partition coefficient (Wildman–Crippen LogP) is 5.99. The molecule has 1 aromatic carbocycles. The predicted molar refractivity (Wildman–Crippen MR) is 119 cm³/mol. The van der Waals surface area contributed by atoms with Crippen LogP contribution in [0.2, 0.25) is 0 Å². The average molecular weight is 467 g/mol. The minimum Gasteiger partial charge on any atom is -0.481 e. The fraction of sp³-hybridized carbons (Fsp3) is 0.625. The molecule has 0 radical (unpaired) electrons. The zero-order chi connectivity index (χ0) is 24.2. The second kappa shape index (κ2) is 10.5. The Morgan fingerprint density at radius 2 is 1.67 bits per heavy atom. The van der Waals surface area contributed by atoms with E-state index < -0.39 is 29.3 Å². The number of carboxylic acid groups (broad SMARTS) is 1. The largest absolute Gasteiger partial charge is 0.481 e. The van der Waals surface area contributed by atoms with Crippen LogP contribution in [0.4, 0.5) is 19.3 Å². The summed E-state index contributed by atoms with van der Waals surface area (Å²) in [6.45, 7) is 5.05. The van der Waals surface area contributed by atoms with Gasteiger partial charge < -0.3 is 14.7 Å². The van der Waals surface area contributed by atoms with E-state index >= 15 is 0 Å². The second-order valence-corrected chi connectivity index (χ2v) is 9.83. The molecule has 0 aliphatic heterocycles. The van der Waals surface area contributed by atoms with Crippen LogP contribution >= 0.6 is 0 Å². The molecule has 2 fully saturated rings. The van der Waals surface area contributed by atoms with Gasteiger partial charge in [-0.15, -0.1) is 0 Å². The highest BCUT2D eigenvalue weighted by molar-refractivity contribution is 5.85. The summed E-state index contributed by atoms with van der Waals surface area (Å²) in [5.74, 6) is -2.49. The van der Waals surface area contributed by atoms with Crippen molar-refractivity contribution in [3.05, 3.63) is 29.3 Å². The number of nitrogens with zero attached hydrogens (tertiary/aromatic N) is 1. The molecule has 1 aromatic rings. The van der Waals surface area contributed by atoms with Gasteiger partial charge in [0, 0.05) is 6.07 Å². The maximum atomic E-state index is 14.7. The Kier molecular flexibility index (Phi) is 7.92. The molecule has 7 nitrogen and oxygen atoms in total. The van der Waals surface area contributed by atoms with Gasteiger partial charge in [0.2, 0.25) is 0 Å². The SMILES string of the molecule is CC(C)(C)OC(=O)Nc1cc(F)c(C2CCC(=NOC3CCC(C(=O)O)CC3)CC2)cc1F. The number of benzene rings is 1. The van der Waals surface area contributed by atoms with Gasteiger partial charge in [0.1, 0.15) is 23.3 Å². The number of hydrogen-bond acceptors (Lipinski definition) is 5. The molecule has 2 saturated carbocycles. The first kappa shape index (κ1) is 24.9. The molecule has 0 spiro atoms. The Morgan fingerprint density at radius 1 is 1.03 bits per heavy atom. The van der Waals surface area contributed by atoms with Crippen molar-refractivity contribution in [3.63, 3.8) is 0 Å². The monoisotopic (exact) mass is 466 g/mol. The van der Waals surface area contributed by atoms with Gasteiger partial charge in [-0.2, -0.15) is 0 Å². The first-order valence-corrected chi connectivity index (χ1v) is 11.4. The van der Waals surface area contributed by atoms with Crippen LogP contribution in [-0.2, 0) is 14.4 Å². The maximum Gasteiger partial charge on any atom is 0.412 e. The summed E-state index contributed by atoms with van der Waals surface area (Å²) < 4.78 is 34.4. The van der Waals surface area contributed by atoms with Crippen molar-refractivity contribution in [3.8, 4) is 0 Å². The zero-order valence-corrected chi connectivity index (χ0v) is 19.3. The van der Waals surface area contributed by atoms with Crippen LogP contribution < -0.4 is 5.32 Å². The van der Waals surface area contributed by atoms with Crippen molar-refractivity contribution in [2.75, 3.05) is 5.32 Å². The molecule has 2 N–H and O–H groups in total. The minimum absolute atomic E-state index is 0.0672. The van der Waals surface area contributed by atoms with Crippen molar-refractivity contribution in [1.29, 1.82) is 0 Å². The average Bonchev–Trinajstić information content (AvgIpc) is 2.74. The van der Waals surface area contributed by atoms with Gasteiger partial charge in [-0.3, -0.25) is 10.1 Å². The van der Waals surface area contributed by atoms with Gasteiger partial charge in [0.25, 0.3) is 0 Å². The Balaban J connectivity index is 1.53. The molecule has 3 rings (SSSR count). The number of oxime groups is 1. The number of halogens is 2. The first-order valence-electron chi connectivity index (χ1n) is 11.4. The molecule has 0 bridgehead atoms. The number of aliphatic carboxylic acids is 1. The van der Waals surface area contributed by atoms with E-state index in [0.29, 0.717) is 51.4 Å². The summed E-state index contributed by atoms with van der Waals surface area (Å²) in [5, 5.41) is 15.6. The topological polar surface area (TPSA) is 97.2 Å².